The summed E-state index contributed by atoms with van der Waals surface area (Å²) < 4.78 is 6.38. The molecule has 1 aromatic rings. The number of halogens is 1. The van der Waals surface area contributed by atoms with Gasteiger partial charge in [0.1, 0.15) is 5.76 Å². The summed E-state index contributed by atoms with van der Waals surface area (Å²) in [6.45, 7) is 8.01. The molecule has 102 valence electrons. The molecule has 0 radical (unpaired) electrons. The van der Waals surface area contributed by atoms with Crippen molar-refractivity contribution in [1.82, 2.24) is 10.2 Å². The summed E-state index contributed by atoms with van der Waals surface area (Å²) in [4.78, 5) is 2.41. The van der Waals surface area contributed by atoms with E-state index in [1.165, 1.54) is 25.9 Å². The molecule has 0 amide bonds. The average Bonchev–Trinajstić information content (AvgIpc) is 2.77. The molecule has 0 aliphatic carbocycles. The lowest BCUT2D eigenvalue weighted by Crippen LogP contribution is -2.42. The Labute approximate surface area is 118 Å². The molecular weight excluding hydrogens is 292 g/mol. The Morgan fingerprint density at radius 3 is 2.67 bits per heavy atom. The van der Waals surface area contributed by atoms with Crippen LogP contribution in [0.5, 0.6) is 0 Å². The van der Waals surface area contributed by atoms with Crippen LogP contribution in [0.3, 0.4) is 0 Å². The molecule has 1 unspecified atom stereocenters. The van der Waals surface area contributed by atoms with Gasteiger partial charge in [0.05, 0.1) is 6.04 Å². The lowest BCUT2D eigenvalue weighted by atomic mass is 9.80. The van der Waals surface area contributed by atoms with Gasteiger partial charge < -0.3 is 14.6 Å². The first-order valence-corrected chi connectivity index (χ1v) is 7.45. The van der Waals surface area contributed by atoms with E-state index in [0.29, 0.717) is 5.41 Å². The lowest BCUT2D eigenvalue weighted by molar-refractivity contribution is 0.133. The zero-order valence-corrected chi connectivity index (χ0v) is 13.1. The summed E-state index contributed by atoms with van der Waals surface area (Å²) in [6, 6.07) is 4.25. The van der Waals surface area contributed by atoms with Crippen LogP contribution in [0.25, 0.3) is 0 Å². The summed E-state index contributed by atoms with van der Waals surface area (Å²) in [6.07, 6.45) is 2.54. The third kappa shape index (κ3) is 3.59. The Balaban J connectivity index is 1.84. The van der Waals surface area contributed by atoms with Crippen molar-refractivity contribution in [3.8, 4) is 0 Å². The standard InChI is InChI=1S/C14H23BrN2O/c1-11(12-4-5-13(15)18-12)16-10-14(2)6-8-17(3)9-7-14/h4-5,11,16H,6-10H2,1-3H3. The summed E-state index contributed by atoms with van der Waals surface area (Å²) >= 11 is 3.35. The van der Waals surface area contributed by atoms with Crippen molar-refractivity contribution in [2.24, 2.45) is 5.41 Å². The maximum atomic E-state index is 5.58. The number of nitrogens with one attached hydrogen (secondary N) is 1. The molecular formula is C14H23BrN2O. The topological polar surface area (TPSA) is 28.4 Å². The second-order valence-corrected chi connectivity index (χ2v) is 6.64. The normalized spacial score (nSPS) is 22.0. The summed E-state index contributed by atoms with van der Waals surface area (Å²) in [7, 11) is 2.20. The van der Waals surface area contributed by atoms with Gasteiger partial charge in [-0.05, 0) is 73.4 Å². The van der Waals surface area contributed by atoms with E-state index in [2.05, 4.69) is 47.0 Å². The number of hydrogen-bond acceptors (Lipinski definition) is 3. The van der Waals surface area contributed by atoms with Crippen LogP contribution in [-0.4, -0.2) is 31.6 Å². The molecule has 1 saturated heterocycles. The number of nitrogens with zero attached hydrogens (tertiary/aromatic N) is 1. The highest BCUT2D eigenvalue weighted by atomic mass is 79.9. The van der Waals surface area contributed by atoms with Gasteiger partial charge in [0.25, 0.3) is 0 Å². The molecule has 0 spiro atoms. The highest BCUT2D eigenvalue weighted by Crippen LogP contribution is 2.30. The van der Waals surface area contributed by atoms with Gasteiger partial charge in [-0.1, -0.05) is 6.92 Å². The minimum absolute atomic E-state index is 0.271. The second-order valence-electron chi connectivity index (χ2n) is 5.86. The zero-order chi connectivity index (χ0) is 13.2. The van der Waals surface area contributed by atoms with Crippen LogP contribution in [0, 0.1) is 5.41 Å². The highest BCUT2D eigenvalue weighted by Gasteiger charge is 2.29. The molecule has 3 nitrogen and oxygen atoms in total. The van der Waals surface area contributed by atoms with E-state index in [9.17, 15) is 0 Å². The molecule has 1 N–H and O–H groups in total. The van der Waals surface area contributed by atoms with Crippen molar-refractivity contribution in [2.75, 3.05) is 26.7 Å². The van der Waals surface area contributed by atoms with Crippen LogP contribution in [0.4, 0.5) is 0 Å². The van der Waals surface area contributed by atoms with Gasteiger partial charge in [-0.15, -0.1) is 0 Å². The number of piperidine rings is 1. The van der Waals surface area contributed by atoms with Crippen LogP contribution in [-0.2, 0) is 0 Å². The van der Waals surface area contributed by atoms with Gasteiger partial charge in [-0.2, -0.15) is 0 Å². The second kappa shape index (κ2) is 5.76. The highest BCUT2D eigenvalue weighted by molar-refractivity contribution is 9.10. The predicted octanol–water partition coefficient (Wildman–Crippen LogP) is 3.42. The molecule has 1 fully saturated rings. The van der Waals surface area contributed by atoms with E-state index in [0.717, 1.165) is 17.0 Å². The van der Waals surface area contributed by atoms with Crippen LogP contribution >= 0.6 is 15.9 Å². The fourth-order valence-corrected chi connectivity index (χ4v) is 2.72. The summed E-state index contributed by atoms with van der Waals surface area (Å²) in [5.74, 6) is 0.999. The third-order valence-corrected chi connectivity index (χ3v) is 4.48. The van der Waals surface area contributed by atoms with E-state index in [-0.39, 0.29) is 6.04 Å². The molecule has 0 aromatic carbocycles. The number of rotatable bonds is 4. The minimum atomic E-state index is 0.271. The van der Waals surface area contributed by atoms with E-state index >= 15 is 0 Å². The van der Waals surface area contributed by atoms with Crippen molar-refractivity contribution in [1.29, 1.82) is 0 Å². The molecule has 18 heavy (non-hydrogen) atoms. The molecule has 2 rings (SSSR count). The molecule has 1 aliphatic heterocycles. The van der Waals surface area contributed by atoms with Crippen molar-refractivity contribution in [2.45, 2.75) is 32.7 Å². The van der Waals surface area contributed by atoms with Gasteiger partial charge in [0.2, 0.25) is 0 Å². The Bertz CT molecular complexity index is 383. The third-order valence-electron chi connectivity index (χ3n) is 4.05. The fraction of sp³-hybridized carbons (Fsp3) is 0.714. The van der Waals surface area contributed by atoms with Crippen molar-refractivity contribution in [3.63, 3.8) is 0 Å². The van der Waals surface area contributed by atoms with E-state index in [1.807, 2.05) is 12.1 Å². The number of likely N-dealkylation sites (tertiary alicyclic amines) is 1. The van der Waals surface area contributed by atoms with Crippen LogP contribution in [0.15, 0.2) is 21.2 Å². The van der Waals surface area contributed by atoms with Crippen molar-refractivity contribution < 1.29 is 4.42 Å². The Morgan fingerprint density at radius 2 is 2.11 bits per heavy atom. The van der Waals surface area contributed by atoms with Gasteiger partial charge in [0.15, 0.2) is 4.67 Å². The van der Waals surface area contributed by atoms with Crippen LogP contribution < -0.4 is 5.32 Å². The molecule has 2 heterocycles. The van der Waals surface area contributed by atoms with E-state index in [4.69, 9.17) is 4.42 Å². The predicted molar refractivity (Wildman–Crippen MR) is 77.7 cm³/mol. The van der Waals surface area contributed by atoms with Gasteiger partial charge in [0, 0.05) is 6.54 Å². The molecule has 1 atom stereocenters. The smallest absolute Gasteiger partial charge is 0.169 e. The first-order valence-electron chi connectivity index (χ1n) is 6.66. The summed E-state index contributed by atoms with van der Waals surface area (Å²) in [5, 5.41) is 3.60. The lowest BCUT2D eigenvalue weighted by Gasteiger charge is -2.38. The van der Waals surface area contributed by atoms with Gasteiger partial charge in [-0.3, -0.25) is 0 Å². The van der Waals surface area contributed by atoms with Crippen LogP contribution in [0.2, 0.25) is 0 Å². The van der Waals surface area contributed by atoms with E-state index in [1.54, 1.807) is 0 Å². The monoisotopic (exact) mass is 314 g/mol. The Hall–Kier alpha value is -0.320. The maximum Gasteiger partial charge on any atom is 0.169 e. The minimum Gasteiger partial charge on any atom is -0.453 e. The van der Waals surface area contributed by atoms with E-state index < -0.39 is 0 Å². The number of furan rings is 1. The molecule has 1 aliphatic rings. The average molecular weight is 315 g/mol. The summed E-state index contributed by atoms with van der Waals surface area (Å²) in [5.41, 5.74) is 0.421. The first kappa shape index (κ1) is 14.1. The SMILES string of the molecule is CC(NCC1(C)CCN(C)CC1)c1ccc(Br)o1. The molecule has 0 saturated carbocycles. The Morgan fingerprint density at radius 1 is 1.44 bits per heavy atom. The largest absolute Gasteiger partial charge is 0.453 e. The zero-order valence-electron chi connectivity index (χ0n) is 11.5. The van der Waals surface area contributed by atoms with Gasteiger partial charge in [-0.25, -0.2) is 0 Å². The fourth-order valence-electron chi connectivity index (χ4n) is 2.40. The quantitative estimate of drug-likeness (QED) is 0.923. The van der Waals surface area contributed by atoms with Crippen molar-refractivity contribution >= 4 is 15.9 Å². The van der Waals surface area contributed by atoms with Gasteiger partial charge >= 0.3 is 0 Å². The maximum absolute atomic E-state index is 5.58. The molecule has 0 bridgehead atoms. The van der Waals surface area contributed by atoms with Crippen LogP contribution in [0.1, 0.15) is 38.5 Å². The molecule has 1 aromatic heterocycles. The number of hydrogen-bond donors (Lipinski definition) is 1. The Kier molecular flexibility index (Phi) is 4.51. The van der Waals surface area contributed by atoms with Crippen molar-refractivity contribution in [3.05, 3.63) is 22.6 Å². The first-order chi connectivity index (χ1) is 8.48. The molecule has 4 heteroatoms.